The molecule has 1 aromatic carbocycles. The molecule has 2 N–H and O–H groups in total. The van der Waals surface area contributed by atoms with Gasteiger partial charge in [0.05, 0.1) is 6.04 Å². The van der Waals surface area contributed by atoms with E-state index in [4.69, 9.17) is 10.5 Å². The minimum Gasteiger partial charge on any atom is -0.491 e. The third kappa shape index (κ3) is 3.26. The summed E-state index contributed by atoms with van der Waals surface area (Å²) in [7, 11) is 0. The maximum Gasteiger partial charge on any atom is 0.223 e. The molecule has 1 heterocycles. The Labute approximate surface area is 114 Å². The van der Waals surface area contributed by atoms with Crippen LogP contribution in [0.1, 0.15) is 18.9 Å². The highest BCUT2D eigenvalue weighted by atomic mass is 16.5. The predicted molar refractivity (Wildman–Crippen MR) is 75.0 cm³/mol. The molecule has 1 aliphatic heterocycles. The second-order valence-electron chi connectivity index (χ2n) is 5.28. The number of nitrogens with two attached hydrogens (primary N) is 1. The molecular formula is C15H22N2O2. The summed E-state index contributed by atoms with van der Waals surface area (Å²) in [5, 5.41) is 0. The summed E-state index contributed by atoms with van der Waals surface area (Å²) < 4.78 is 5.80. The Balaban J connectivity index is 1.90. The first-order valence-corrected chi connectivity index (χ1v) is 6.79. The Morgan fingerprint density at radius 2 is 2.21 bits per heavy atom. The van der Waals surface area contributed by atoms with Gasteiger partial charge in [-0.25, -0.2) is 0 Å². The Kier molecular flexibility index (Phi) is 4.43. The molecule has 0 bridgehead atoms. The van der Waals surface area contributed by atoms with Gasteiger partial charge in [-0.2, -0.15) is 0 Å². The number of carbonyl (C=O) groups is 1. The Morgan fingerprint density at radius 1 is 1.47 bits per heavy atom. The lowest BCUT2D eigenvalue weighted by molar-refractivity contribution is -0.129. The molecule has 19 heavy (non-hydrogen) atoms. The molecule has 0 saturated carbocycles. The first-order chi connectivity index (χ1) is 9.11. The molecule has 4 nitrogen and oxygen atoms in total. The van der Waals surface area contributed by atoms with Crippen molar-refractivity contribution < 1.29 is 9.53 Å². The van der Waals surface area contributed by atoms with Gasteiger partial charge >= 0.3 is 0 Å². The topological polar surface area (TPSA) is 55.6 Å². The number of amides is 1. The molecule has 4 heteroatoms. The van der Waals surface area contributed by atoms with E-state index in [1.807, 2.05) is 43.0 Å². The van der Waals surface area contributed by atoms with Gasteiger partial charge in [-0.1, -0.05) is 18.2 Å². The summed E-state index contributed by atoms with van der Waals surface area (Å²) in [6.07, 6.45) is 0.575. The zero-order valence-corrected chi connectivity index (χ0v) is 11.6. The first-order valence-electron chi connectivity index (χ1n) is 6.79. The van der Waals surface area contributed by atoms with Gasteiger partial charge < -0.3 is 15.4 Å². The van der Waals surface area contributed by atoms with Crippen molar-refractivity contribution in [2.45, 2.75) is 26.3 Å². The van der Waals surface area contributed by atoms with E-state index in [0.717, 1.165) is 17.9 Å². The number of likely N-dealkylation sites (tertiary alicyclic amines) is 1. The van der Waals surface area contributed by atoms with E-state index in [-0.39, 0.29) is 11.9 Å². The highest BCUT2D eigenvalue weighted by Crippen LogP contribution is 2.21. The van der Waals surface area contributed by atoms with Gasteiger partial charge in [-0.3, -0.25) is 4.79 Å². The quantitative estimate of drug-likeness (QED) is 0.876. The standard InChI is InChI=1S/C15H22N2O2/c1-11-5-3-4-6-14(11)19-10-12(2)17-9-13(8-16)7-15(17)18/h3-6,12-13H,7-10,16H2,1-2H3. The summed E-state index contributed by atoms with van der Waals surface area (Å²) in [4.78, 5) is 13.8. The van der Waals surface area contributed by atoms with Crippen LogP contribution >= 0.6 is 0 Å². The predicted octanol–water partition coefficient (Wildman–Crippen LogP) is 1.57. The molecule has 1 fully saturated rings. The molecule has 2 atom stereocenters. The smallest absolute Gasteiger partial charge is 0.223 e. The molecule has 2 unspecified atom stereocenters. The van der Waals surface area contributed by atoms with Crippen molar-refractivity contribution in [2.24, 2.45) is 11.7 Å². The number of para-hydroxylation sites is 1. The minimum atomic E-state index is 0.0867. The third-order valence-electron chi connectivity index (χ3n) is 3.68. The van der Waals surface area contributed by atoms with E-state index in [0.29, 0.717) is 25.5 Å². The van der Waals surface area contributed by atoms with Crippen molar-refractivity contribution in [1.82, 2.24) is 4.90 Å². The van der Waals surface area contributed by atoms with Gasteiger partial charge in [0.2, 0.25) is 5.91 Å². The highest BCUT2D eigenvalue weighted by molar-refractivity contribution is 5.79. The number of rotatable bonds is 5. The number of nitrogens with zero attached hydrogens (tertiary/aromatic N) is 1. The average Bonchev–Trinajstić information content (AvgIpc) is 2.79. The molecule has 104 valence electrons. The van der Waals surface area contributed by atoms with Gasteiger partial charge in [-0.05, 0) is 37.9 Å². The van der Waals surface area contributed by atoms with Crippen molar-refractivity contribution in [3.8, 4) is 5.75 Å². The number of hydrogen-bond acceptors (Lipinski definition) is 3. The molecule has 0 aliphatic carbocycles. The average molecular weight is 262 g/mol. The van der Waals surface area contributed by atoms with E-state index in [9.17, 15) is 4.79 Å². The highest BCUT2D eigenvalue weighted by Gasteiger charge is 2.31. The third-order valence-corrected chi connectivity index (χ3v) is 3.68. The molecule has 0 spiro atoms. The monoisotopic (exact) mass is 262 g/mol. The maximum atomic E-state index is 11.9. The van der Waals surface area contributed by atoms with Crippen LogP contribution in [0.4, 0.5) is 0 Å². The number of benzene rings is 1. The van der Waals surface area contributed by atoms with Crippen molar-refractivity contribution in [2.75, 3.05) is 19.7 Å². The largest absolute Gasteiger partial charge is 0.491 e. The molecule has 0 aromatic heterocycles. The van der Waals surface area contributed by atoms with E-state index in [2.05, 4.69) is 0 Å². The van der Waals surface area contributed by atoms with E-state index < -0.39 is 0 Å². The van der Waals surface area contributed by atoms with E-state index >= 15 is 0 Å². The Hall–Kier alpha value is -1.55. The van der Waals surface area contributed by atoms with Crippen molar-refractivity contribution in [3.05, 3.63) is 29.8 Å². The lowest BCUT2D eigenvalue weighted by atomic mass is 10.1. The van der Waals surface area contributed by atoms with Gasteiger partial charge in [0.1, 0.15) is 12.4 Å². The molecule has 1 aromatic rings. The van der Waals surface area contributed by atoms with Gasteiger partial charge in [0.25, 0.3) is 0 Å². The molecular weight excluding hydrogens is 240 g/mol. The zero-order valence-electron chi connectivity index (χ0n) is 11.6. The number of aryl methyl sites for hydroxylation is 1. The lowest BCUT2D eigenvalue weighted by Crippen LogP contribution is -2.38. The molecule has 1 aliphatic rings. The van der Waals surface area contributed by atoms with E-state index in [1.165, 1.54) is 0 Å². The summed E-state index contributed by atoms with van der Waals surface area (Å²) in [6, 6.07) is 8.01. The fraction of sp³-hybridized carbons (Fsp3) is 0.533. The van der Waals surface area contributed by atoms with Gasteiger partial charge in [-0.15, -0.1) is 0 Å². The van der Waals surface area contributed by atoms with Crippen LogP contribution in [0.25, 0.3) is 0 Å². The van der Waals surface area contributed by atoms with E-state index in [1.54, 1.807) is 0 Å². The summed E-state index contributed by atoms with van der Waals surface area (Å²) in [5.74, 6) is 1.38. The molecule has 1 amide bonds. The fourth-order valence-corrected chi connectivity index (χ4v) is 2.41. The van der Waals surface area contributed by atoms with Crippen molar-refractivity contribution in [3.63, 3.8) is 0 Å². The van der Waals surface area contributed by atoms with Crippen LogP contribution in [0.2, 0.25) is 0 Å². The molecule has 2 rings (SSSR count). The van der Waals surface area contributed by atoms with Crippen LogP contribution in [0.3, 0.4) is 0 Å². The lowest BCUT2D eigenvalue weighted by Gasteiger charge is -2.25. The number of hydrogen-bond donors (Lipinski definition) is 1. The van der Waals surface area contributed by atoms with Crippen LogP contribution < -0.4 is 10.5 Å². The van der Waals surface area contributed by atoms with Crippen LogP contribution in [0.5, 0.6) is 5.75 Å². The summed E-state index contributed by atoms with van der Waals surface area (Å²) in [5.41, 5.74) is 6.75. The van der Waals surface area contributed by atoms with Gasteiger partial charge in [0.15, 0.2) is 0 Å². The van der Waals surface area contributed by atoms with Crippen LogP contribution in [-0.4, -0.2) is 36.5 Å². The van der Waals surface area contributed by atoms with Crippen LogP contribution in [0.15, 0.2) is 24.3 Å². The molecule has 1 saturated heterocycles. The summed E-state index contributed by atoms with van der Waals surface area (Å²) >= 11 is 0. The fourth-order valence-electron chi connectivity index (χ4n) is 2.41. The maximum absolute atomic E-state index is 11.9. The van der Waals surface area contributed by atoms with Crippen LogP contribution in [-0.2, 0) is 4.79 Å². The van der Waals surface area contributed by atoms with Gasteiger partial charge in [0, 0.05) is 13.0 Å². The van der Waals surface area contributed by atoms with Crippen LogP contribution in [0, 0.1) is 12.8 Å². The minimum absolute atomic E-state index is 0.0867. The number of ether oxygens (including phenoxy) is 1. The number of carbonyl (C=O) groups excluding carboxylic acids is 1. The Bertz CT molecular complexity index is 448. The molecule has 0 radical (unpaired) electrons. The SMILES string of the molecule is Cc1ccccc1OCC(C)N1CC(CN)CC1=O. The second kappa shape index (κ2) is 6.06. The summed E-state index contributed by atoms with van der Waals surface area (Å²) in [6.45, 7) is 5.90. The van der Waals surface area contributed by atoms with Crippen molar-refractivity contribution in [1.29, 1.82) is 0 Å². The Morgan fingerprint density at radius 3 is 2.84 bits per heavy atom. The first kappa shape index (κ1) is 13.9. The van der Waals surface area contributed by atoms with Crippen molar-refractivity contribution >= 4 is 5.91 Å². The zero-order chi connectivity index (χ0) is 13.8. The second-order valence-corrected chi connectivity index (χ2v) is 5.28. The normalized spacial score (nSPS) is 20.7.